The minimum absolute atomic E-state index is 0.0326. The Hall–Kier alpha value is -1.09. The van der Waals surface area contributed by atoms with Crippen molar-refractivity contribution in [3.63, 3.8) is 0 Å². The van der Waals surface area contributed by atoms with Gasteiger partial charge in [-0.2, -0.15) is 0 Å². The van der Waals surface area contributed by atoms with E-state index in [4.69, 9.17) is 0 Å². The van der Waals surface area contributed by atoms with Crippen molar-refractivity contribution >= 4 is 5.69 Å². The Kier molecular flexibility index (Phi) is 3.05. The lowest BCUT2D eigenvalue weighted by atomic mass is 9.87. The fraction of sp³-hybridized carbons (Fsp3) is 0.625. The Morgan fingerprint density at radius 1 is 1.11 bits per heavy atom. The zero-order valence-electron chi connectivity index (χ0n) is 11.9. The van der Waals surface area contributed by atoms with Gasteiger partial charge in [0, 0.05) is 24.2 Å². The third-order valence-electron chi connectivity index (χ3n) is 4.44. The molecule has 3 heteroatoms. The number of halogens is 1. The summed E-state index contributed by atoms with van der Waals surface area (Å²) in [7, 11) is 0. The van der Waals surface area contributed by atoms with Gasteiger partial charge in [0.05, 0.1) is 5.69 Å². The molecule has 0 bridgehead atoms. The number of nitrogens with zero attached hydrogens (tertiary/aromatic N) is 1. The van der Waals surface area contributed by atoms with Crippen molar-refractivity contribution < 1.29 is 4.39 Å². The molecule has 3 rings (SSSR count). The lowest BCUT2D eigenvalue weighted by molar-refractivity contribution is 0.197. The monoisotopic (exact) mass is 262 g/mol. The molecule has 1 saturated carbocycles. The van der Waals surface area contributed by atoms with E-state index in [2.05, 4.69) is 24.1 Å². The van der Waals surface area contributed by atoms with Gasteiger partial charge in [-0.05, 0) is 38.8 Å². The summed E-state index contributed by atoms with van der Waals surface area (Å²) in [5.41, 5.74) is 0.970. The molecular weight excluding hydrogens is 239 g/mol. The molecule has 1 aliphatic heterocycles. The van der Waals surface area contributed by atoms with E-state index in [1.54, 1.807) is 12.1 Å². The predicted molar refractivity (Wildman–Crippen MR) is 77.0 cm³/mol. The second kappa shape index (κ2) is 4.48. The molecule has 1 saturated heterocycles. The molecule has 0 amide bonds. The van der Waals surface area contributed by atoms with E-state index < -0.39 is 0 Å². The van der Waals surface area contributed by atoms with Crippen molar-refractivity contribution in [2.75, 3.05) is 18.0 Å². The highest BCUT2D eigenvalue weighted by Crippen LogP contribution is 2.37. The summed E-state index contributed by atoms with van der Waals surface area (Å²) in [6.45, 7) is 6.23. The van der Waals surface area contributed by atoms with Crippen LogP contribution in [-0.2, 0) is 0 Å². The smallest absolute Gasteiger partial charge is 0.146 e. The molecule has 2 aliphatic rings. The van der Waals surface area contributed by atoms with Crippen LogP contribution in [-0.4, -0.2) is 24.2 Å². The van der Waals surface area contributed by atoms with E-state index >= 15 is 0 Å². The summed E-state index contributed by atoms with van der Waals surface area (Å²) in [6, 6.07) is 7.15. The third-order valence-corrected chi connectivity index (χ3v) is 4.44. The fourth-order valence-electron chi connectivity index (χ4n) is 3.91. The van der Waals surface area contributed by atoms with E-state index in [1.165, 1.54) is 25.7 Å². The van der Waals surface area contributed by atoms with Gasteiger partial charge in [-0.3, -0.25) is 0 Å². The van der Waals surface area contributed by atoms with E-state index in [1.807, 2.05) is 12.1 Å². The molecule has 1 heterocycles. The first-order chi connectivity index (χ1) is 9.00. The largest absolute Gasteiger partial charge is 0.365 e. The average molecular weight is 262 g/mol. The Balaban J connectivity index is 1.91. The van der Waals surface area contributed by atoms with Crippen LogP contribution < -0.4 is 10.2 Å². The quantitative estimate of drug-likeness (QED) is 0.835. The van der Waals surface area contributed by atoms with Gasteiger partial charge in [0.1, 0.15) is 5.82 Å². The van der Waals surface area contributed by atoms with Crippen molar-refractivity contribution in [2.24, 2.45) is 0 Å². The Labute approximate surface area is 115 Å². The molecule has 0 unspecified atom stereocenters. The maximum atomic E-state index is 14.0. The first-order valence-corrected chi connectivity index (χ1v) is 7.29. The van der Waals surface area contributed by atoms with Crippen LogP contribution in [0, 0.1) is 5.82 Å². The third kappa shape index (κ3) is 2.48. The highest BCUT2D eigenvalue weighted by Gasteiger charge is 2.44. The van der Waals surface area contributed by atoms with Gasteiger partial charge in [0.25, 0.3) is 0 Å². The van der Waals surface area contributed by atoms with Gasteiger partial charge in [-0.25, -0.2) is 4.39 Å². The normalized spacial score (nSPS) is 24.9. The number of benzene rings is 1. The van der Waals surface area contributed by atoms with Crippen molar-refractivity contribution in [3.8, 4) is 0 Å². The molecule has 1 aromatic carbocycles. The summed E-state index contributed by atoms with van der Waals surface area (Å²) in [6.07, 6.45) is 4.99. The minimum atomic E-state index is -0.103. The van der Waals surface area contributed by atoms with Crippen LogP contribution in [0.1, 0.15) is 39.5 Å². The molecule has 19 heavy (non-hydrogen) atoms. The van der Waals surface area contributed by atoms with Gasteiger partial charge >= 0.3 is 0 Å². The van der Waals surface area contributed by atoms with Crippen molar-refractivity contribution in [1.82, 2.24) is 5.32 Å². The molecule has 1 spiro atoms. The average Bonchev–Trinajstić information content (AvgIpc) is 2.75. The summed E-state index contributed by atoms with van der Waals surface area (Å²) >= 11 is 0. The number of nitrogens with one attached hydrogen (secondary N) is 1. The Bertz CT molecular complexity index is 464. The topological polar surface area (TPSA) is 15.3 Å². The Morgan fingerprint density at radius 3 is 2.47 bits per heavy atom. The van der Waals surface area contributed by atoms with Gasteiger partial charge < -0.3 is 10.2 Å². The minimum Gasteiger partial charge on any atom is -0.365 e. The number of piperazine rings is 1. The fourth-order valence-corrected chi connectivity index (χ4v) is 3.91. The van der Waals surface area contributed by atoms with Crippen molar-refractivity contribution in [3.05, 3.63) is 30.1 Å². The van der Waals surface area contributed by atoms with Gasteiger partial charge in [-0.15, -0.1) is 0 Å². The first kappa shape index (κ1) is 12.9. The highest BCUT2D eigenvalue weighted by molar-refractivity contribution is 5.49. The van der Waals surface area contributed by atoms with E-state index in [0.29, 0.717) is 0 Å². The molecule has 1 aliphatic carbocycles. The highest BCUT2D eigenvalue weighted by atomic mass is 19.1. The lowest BCUT2D eigenvalue weighted by Crippen LogP contribution is -2.68. The van der Waals surface area contributed by atoms with Crippen LogP contribution >= 0.6 is 0 Å². The molecular formula is C16H23FN2. The zero-order valence-corrected chi connectivity index (χ0v) is 11.9. The molecule has 0 aromatic heterocycles. The van der Waals surface area contributed by atoms with Crippen LogP contribution in [0.2, 0.25) is 0 Å². The van der Waals surface area contributed by atoms with Crippen LogP contribution in [0.3, 0.4) is 0 Å². The second-order valence-electron chi connectivity index (χ2n) is 6.80. The lowest BCUT2D eigenvalue weighted by Gasteiger charge is -2.50. The van der Waals surface area contributed by atoms with Gasteiger partial charge in [-0.1, -0.05) is 25.0 Å². The number of rotatable bonds is 1. The zero-order chi connectivity index (χ0) is 13.5. The van der Waals surface area contributed by atoms with Crippen LogP contribution in [0.15, 0.2) is 24.3 Å². The van der Waals surface area contributed by atoms with Crippen molar-refractivity contribution in [2.45, 2.75) is 50.6 Å². The molecule has 2 nitrogen and oxygen atoms in total. The molecule has 1 aromatic rings. The van der Waals surface area contributed by atoms with E-state index in [-0.39, 0.29) is 16.9 Å². The van der Waals surface area contributed by atoms with Crippen LogP contribution in [0.4, 0.5) is 10.1 Å². The molecule has 0 radical (unpaired) electrons. The number of para-hydroxylation sites is 1. The van der Waals surface area contributed by atoms with Crippen molar-refractivity contribution in [1.29, 1.82) is 0 Å². The summed E-state index contributed by atoms with van der Waals surface area (Å²) < 4.78 is 14.0. The summed E-state index contributed by atoms with van der Waals surface area (Å²) in [5.74, 6) is -0.103. The second-order valence-corrected chi connectivity index (χ2v) is 6.80. The van der Waals surface area contributed by atoms with Crippen LogP contribution in [0.5, 0.6) is 0 Å². The number of hydrogen-bond acceptors (Lipinski definition) is 2. The summed E-state index contributed by atoms with van der Waals surface area (Å²) in [5, 5.41) is 3.82. The standard InChI is InChI=1S/C16H23FN2/c1-15(2)11-19(14-8-4-3-7-13(14)17)12-16(18-15)9-5-6-10-16/h3-4,7-8,18H,5-6,9-12H2,1-2H3. The molecule has 0 atom stereocenters. The molecule has 1 N–H and O–H groups in total. The van der Waals surface area contributed by atoms with Gasteiger partial charge in [0.15, 0.2) is 0 Å². The Morgan fingerprint density at radius 2 is 1.79 bits per heavy atom. The molecule has 2 fully saturated rings. The maximum absolute atomic E-state index is 14.0. The molecule has 104 valence electrons. The maximum Gasteiger partial charge on any atom is 0.146 e. The first-order valence-electron chi connectivity index (χ1n) is 7.29. The number of anilines is 1. The van der Waals surface area contributed by atoms with Gasteiger partial charge in [0.2, 0.25) is 0 Å². The van der Waals surface area contributed by atoms with E-state index in [9.17, 15) is 4.39 Å². The van der Waals surface area contributed by atoms with E-state index in [0.717, 1.165) is 18.8 Å². The summed E-state index contributed by atoms with van der Waals surface area (Å²) in [4.78, 5) is 2.23. The number of hydrogen-bond donors (Lipinski definition) is 1. The predicted octanol–water partition coefficient (Wildman–Crippen LogP) is 3.33. The van der Waals surface area contributed by atoms with Crippen LogP contribution in [0.25, 0.3) is 0 Å². The SMILES string of the molecule is CC1(C)CN(c2ccccc2F)CC2(CCCC2)N1.